The molecule has 1 aliphatic carbocycles. The van der Waals surface area contributed by atoms with E-state index >= 15 is 0 Å². The first-order valence-corrected chi connectivity index (χ1v) is 9.18. The zero-order valence-corrected chi connectivity index (χ0v) is 15.1. The summed E-state index contributed by atoms with van der Waals surface area (Å²) in [6, 6.07) is 16.3. The van der Waals surface area contributed by atoms with Gasteiger partial charge in [-0.1, -0.05) is 36.4 Å². The Labute approximate surface area is 154 Å². The SMILES string of the molecule is COc1ccc(CCN2C(=O)NCC2(N)c2ccc(C3CC3)cc2)cc1. The minimum atomic E-state index is -0.800. The van der Waals surface area contributed by atoms with Crippen molar-refractivity contribution in [1.29, 1.82) is 0 Å². The third-order valence-electron chi connectivity index (χ3n) is 5.48. The molecule has 136 valence electrons. The number of urea groups is 1. The molecule has 1 saturated heterocycles. The average Bonchev–Trinajstić information content (AvgIpc) is 3.48. The highest BCUT2D eigenvalue weighted by Crippen LogP contribution is 2.40. The lowest BCUT2D eigenvalue weighted by Crippen LogP contribution is -2.52. The highest BCUT2D eigenvalue weighted by molar-refractivity contribution is 5.78. The molecule has 0 aromatic heterocycles. The fourth-order valence-corrected chi connectivity index (χ4v) is 3.64. The van der Waals surface area contributed by atoms with E-state index in [-0.39, 0.29) is 6.03 Å². The molecule has 1 atom stereocenters. The van der Waals surface area contributed by atoms with Crippen LogP contribution < -0.4 is 15.8 Å². The Morgan fingerprint density at radius 3 is 2.46 bits per heavy atom. The lowest BCUT2D eigenvalue weighted by molar-refractivity contribution is 0.160. The predicted octanol–water partition coefficient (Wildman–Crippen LogP) is 2.95. The number of carbonyl (C=O) groups is 1. The fourth-order valence-electron chi connectivity index (χ4n) is 3.64. The maximum absolute atomic E-state index is 12.4. The molecule has 1 heterocycles. The molecule has 3 N–H and O–H groups in total. The number of methoxy groups -OCH3 is 1. The number of rotatable bonds is 6. The Morgan fingerprint density at radius 2 is 1.85 bits per heavy atom. The van der Waals surface area contributed by atoms with E-state index in [2.05, 4.69) is 29.6 Å². The third kappa shape index (κ3) is 3.15. The topological polar surface area (TPSA) is 67.6 Å². The number of benzene rings is 2. The van der Waals surface area contributed by atoms with E-state index in [1.165, 1.54) is 18.4 Å². The van der Waals surface area contributed by atoms with Crippen LogP contribution in [0, 0.1) is 0 Å². The fraction of sp³-hybridized carbons (Fsp3) is 0.381. The summed E-state index contributed by atoms with van der Waals surface area (Å²) in [5, 5.41) is 2.90. The highest BCUT2D eigenvalue weighted by Gasteiger charge is 2.43. The smallest absolute Gasteiger partial charge is 0.319 e. The zero-order valence-electron chi connectivity index (χ0n) is 15.1. The van der Waals surface area contributed by atoms with Crippen LogP contribution in [0.25, 0.3) is 0 Å². The predicted molar refractivity (Wildman–Crippen MR) is 101 cm³/mol. The van der Waals surface area contributed by atoms with Crippen LogP contribution in [-0.2, 0) is 12.1 Å². The van der Waals surface area contributed by atoms with Crippen LogP contribution in [0.5, 0.6) is 5.75 Å². The van der Waals surface area contributed by atoms with E-state index in [0.29, 0.717) is 19.0 Å². The van der Waals surface area contributed by atoms with Gasteiger partial charge in [0.1, 0.15) is 11.4 Å². The number of nitrogens with one attached hydrogen (secondary N) is 1. The van der Waals surface area contributed by atoms with E-state index in [1.807, 2.05) is 24.3 Å². The van der Waals surface area contributed by atoms with Gasteiger partial charge >= 0.3 is 6.03 Å². The Balaban J connectivity index is 1.49. The van der Waals surface area contributed by atoms with Gasteiger partial charge in [0.05, 0.1) is 13.7 Å². The molecule has 1 unspecified atom stereocenters. The average molecular weight is 351 g/mol. The van der Waals surface area contributed by atoms with Gasteiger partial charge in [-0.3, -0.25) is 0 Å². The molecule has 0 spiro atoms. The van der Waals surface area contributed by atoms with Gasteiger partial charge in [0.15, 0.2) is 0 Å². The second-order valence-corrected chi connectivity index (χ2v) is 7.23. The second kappa shape index (κ2) is 6.65. The van der Waals surface area contributed by atoms with Crippen LogP contribution in [0.4, 0.5) is 4.79 Å². The molecule has 2 aliphatic rings. The maximum Gasteiger partial charge on any atom is 0.319 e. The van der Waals surface area contributed by atoms with Gasteiger partial charge < -0.3 is 20.7 Å². The van der Waals surface area contributed by atoms with Crippen LogP contribution in [0.3, 0.4) is 0 Å². The van der Waals surface area contributed by atoms with Crippen LogP contribution >= 0.6 is 0 Å². The molecule has 1 saturated carbocycles. The first kappa shape index (κ1) is 16.9. The van der Waals surface area contributed by atoms with E-state index in [1.54, 1.807) is 12.0 Å². The number of ether oxygens (including phenoxy) is 1. The second-order valence-electron chi connectivity index (χ2n) is 7.23. The molecular weight excluding hydrogens is 326 g/mol. The molecule has 0 bridgehead atoms. The molecule has 2 amide bonds. The summed E-state index contributed by atoms with van der Waals surface area (Å²) in [6.45, 7) is 0.996. The lowest BCUT2D eigenvalue weighted by atomic mass is 9.97. The Kier molecular flexibility index (Phi) is 4.32. The van der Waals surface area contributed by atoms with Gasteiger partial charge in [-0.15, -0.1) is 0 Å². The quantitative estimate of drug-likeness (QED) is 0.841. The Hall–Kier alpha value is -2.53. The molecule has 2 aromatic carbocycles. The minimum Gasteiger partial charge on any atom is -0.497 e. The summed E-state index contributed by atoms with van der Waals surface area (Å²) in [4.78, 5) is 14.1. The molecule has 5 nitrogen and oxygen atoms in total. The van der Waals surface area contributed by atoms with Crippen molar-refractivity contribution in [2.24, 2.45) is 5.73 Å². The third-order valence-corrected chi connectivity index (χ3v) is 5.48. The summed E-state index contributed by atoms with van der Waals surface area (Å²) < 4.78 is 5.19. The van der Waals surface area contributed by atoms with Crippen LogP contribution in [-0.4, -0.2) is 31.1 Å². The number of hydrogen-bond acceptors (Lipinski definition) is 3. The van der Waals surface area contributed by atoms with E-state index in [4.69, 9.17) is 10.5 Å². The largest absolute Gasteiger partial charge is 0.497 e. The number of nitrogens with two attached hydrogens (primary N) is 1. The highest BCUT2D eigenvalue weighted by atomic mass is 16.5. The van der Waals surface area contributed by atoms with E-state index in [9.17, 15) is 4.79 Å². The zero-order chi connectivity index (χ0) is 18.1. The van der Waals surface area contributed by atoms with Gasteiger partial charge in [0.2, 0.25) is 0 Å². The van der Waals surface area contributed by atoms with Gasteiger partial charge in [0, 0.05) is 6.54 Å². The molecule has 2 fully saturated rings. The molecule has 1 aliphatic heterocycles. The van der Waals surface area contributed by atoms with Crippen molar-refractivity contribution in [3.05, 3.63) is 65.2 Å². The summed E-state index contributed by atoms with van der Waals surface area (Å²) >= 11 is 0. The Bertz CT molecular complexity index is 784. The van der Waals surface area contributed by atoms with Crippen molar-refractivity contribution < 1.29 is 9.53 Å². The summed E-state index contributed by atoms with van der Waals surface area (Å²) in [5.41, 5.74) is 9.40. The number of hydrogen-bond donors (Lipinski definition) is 2. The van der Waals surface area contributed by atoms with Crippen molar-refractivity contribution >= 4 is 6.03 Å². The number of amides is 2. The van der Waals surface area contributed by atoms with Crippen molar-refractivity contribution in [1.82, 2.24) is 10.2 Å². The first-order chi connectivity index (χ1) is 12.6. The maximum atomic E-state index is 12.4. The van der Waals surface area contributed by atoms with Crippen molar-refractivity contribution in [3.63, 3.8) is 0 Å². The standard InChI is InChI=1S/C21H25N3O2/c1-26-19-10-2-15(3-11-19)12-13-24-20(25)23-14-21(24,22)18-8-6-17(7-9-18)16-4-5-16/h2-3,6-11,16H,4-5,12-14,22H2,1H3,(H,23,25). The normalized spacial score (nSPS) is 22.4. The van der Waals surface area contributed by atoms with Crippen LogP contribution in [0.2, 0.25) is 0 Å². The van der Waals surface area contributed by atoms with Crippen molar-refractivity contribution in [2.45, 2.75) is 30.8 Å². The molecule has 0 radical (unpaired) electrons. The summed E-state index contributed by atoms with van der Waals surface area (Å²) in [5.74, 6) is 1.55. The minimum absolute atomic E-state index is 0.104. The van der Waals surface area contributed by atoms with Crippen LogP contribution in [0.15, 0.2) is 48.5 Å². The number of carbonyl (C=O) groups excluding carboxylic acids is 1. The molecule has 26 heavy (non-hydrogen) atoms. The molecule has 2 aromatic rings. The lowest BCUT2D eigenvalue weighted by Gasteiger charge is -2.34. The number of nitrogens with zero attached hydrogens (tertiary/aromatic N) is 1. The summed E-state index contributed by atoms with van der Waals surface area (Å²) in [6.07, 6.45) is 3.30. The Morgan fingerprint density at radius 1 is 1.15 bits per heavy atom. The van der Waals surface area contributed by atoms with Gasteiger partial charge in [-0.25, -0.2) is 4.79 Å². The van der Waals surface area contributed by atoms with Crippen molar-refractivity contribution in [3.8, 4) is 5.75 Å². The van der Waals surface area contributed by atoms with Gasteiger partial charge in [0.25, 0.3) is 0 Å². The van der Waals surface area contributed by atoms with Crippen molar-refractivity contribution in [2.75, 3.05) is 20.2 Å². The molecular formula is C21H25N3O2. The van der Waals surface area contributed by atoms with E-state index < -0.39 is 5.66 Å². The molecule has 4 rings (SSSR count). The molecule has 5 heteroatoms. The van der Waals surface area contributed by atoms with E-state index in [0.717, 1.165) is 23.3 Å². The van der Waals surface area contributed by atoms with Gasteiger partial charge in [-0.2, -0.15) is 0 Å². The van der Waals surface area contributed by atoms with Gasteiger partial charge in [-0.05, 0) is 54.0 Å². The van der Waals surface area contributed by atoms with Crippen LogP contribution in [0.1, 0.15) is 35.4 Å². The first-order valence-electron chi connectivity index (χ1n) is 9.18. The monoisotopic (exact) mass is 351 g/mol. The summed E-state index contributed by atoms with van der Waals surface area (Å²) in [7, 11) is 1.65.